The Balaban J connectivity index is 1.31. The molecule has 2 fully saturated rings. The highest BCUT2D eigenvalue weighted by atomic mass is 32.1. The number of carbonyl (C=O) groups is 3. The number of thiophene rings is 1. The van der Waals surface area contributed by atoms with E-state index >= 15 is 0 Å². The van der Waals surface area contributed by atoms with E-state index < -0.39 is 5.54 Å². The monoisotopic (exact) mass is 474 g/mol. The second-order valence-corrected chi connectivity index (χ2v) is 9.57. The molecule has 2 aliphatic heterocycles. The molecule has 174 valence electrons. The number of imide groups is 1. The predicted octanol–water partition coefficient (Wildman–Crippen LogP) is 3.15. The highest BCUT2D eigenvalue weighted by molar-refractivity contribution is 7.12. The number of hydrogen-bond acceptors (Lipinski definition) is 5. The molecule has 0 aliphatic carbocycles. The molecule has 8 heteroatoms. The van der Waals surface area contributed by atoms with Gasteiger partial charge >= 0.3 is 6.03 Å². The number of nitrogens with zero attached hydrogens (tertiary/aromatic N) is 3. The molecule has 5 rings (SSSR count). The molecule has 2 saturated heterocycles. The summed E-state index contributed by atoms with van der Waals surface area (Å²) in [5.74, 6) is -0.208. The van der Waals surface area contributed by atoms with Crippen LogP contribution in [0.1, 0.15) is 20.8 Å². The van der Waals surface area contributed by atoms with Gasteiger partial charge in [0.2, 0.25) is 0 Å². The normalized spacial score (nSPS) is 21.1. The van der Waals surface area contributed by atoms with Crippen molar-refractivity contribution in [3.05, 3.63) is 94.2 Å². The Bertz CT molecular complexity index is 1160. The fourth-order valence-corrected chi connectivity index (χ4v) is 5.34. The fraction of sp³-hybridized carbons (Fsp3) is 0.269. The summed E-state index contributed by atoms with van der Waals surface area (Å²) in [6.45, 7) is 2.54. The van der Waals surface area contributed by atoms with Crippen molar-refractivity contribution in [1.82, 2.24) is 20.0 Å². The van der Waals surface area contributed by atoms with Gasteiger partial charge < -0.3 is 10.2 Å². The van der Waals surface area contributed by atoms with Crippen LogP contribution in [-0.2, 0) is 16.8 Å². The van der Waals surface area contributed by atoms with Crippen molar-refractivity contribution >= 4 is 29.2 Å². The summed E-state index contributed by atoms with van der Waals surface area (Å²) in [5.41, 5.74) is 0.602. The van der Waals surface area contributed by atoms with Gasteiger partial charge in [0.25, 0.3) is 11.8 Å². The summed E-state index contributed by atoms with van der Waals surface area (Å²) in [4.78, 5) is 45.4. The highest BCUT2D eigenvalue weighted by Crippen LogP contribution is 2.33. The summed E-state index contributed by atoms with van der Waals surface area (Å²) in [5, 5.41) is 4.91. The molecule has 3 aromatic rings. The van der Waals surface area contributed by atoms with Crippen molar-refractivity contribution in [3.8, 4) is 0 Å². The average molecular weight is 475 g/mol. The third-order valence-electron chi connectivity index (χ3n) is 6.49. The lowest BCUT2D eigenvalue weighted by molar-refractivity contribution is -0.133. The Labute approximate surface area is 202 Å². The zero-order valence-electron chi connectivity index (χ0n) is 18.7. The van der Waals surface area contributed by atoms with E-state index in [1.54, 1.807) is 0 Å². The molecule has 2 aromatic carbocycles. The predicted molar refractivity (Wildman–Crippen MR) is 130 cm³/mol. The molecule has 34 heavy (non-hydrogen) atoms. The Morgan fingerprint density at radius 1 is 0.882 bits per heavy atom. The molecule has 0 unspecified atom stereocenters. The molecule has 2 aliphatic rings. The molecule has 4 amide bonds. The lowest BCUT2D eigenvalue weighted by Gasteiger charge is -2.36. The number of hydrogen-bond donors (Lipinski definition) is 1. The molecule has 0 radical (unpaired) electrons. The summed E-state index contributed by atoms with van der Waals surface area (Å²) in [6, 6.07) is 22.5. The number of amides is 4. The van der Waals surface area contributed by atoms with Gasteiger partial charge in [-0.05, 0) is 22.6 Å². The molecule has 0 spiro atoms. The smallest absolute Gasteiger partial charge is 0.326 e. The van der Waals surface area contributed by atoms with Gasteiger partial charge in [0.1, 0.15) is 0 Å². The maximum Gasteiger partial charge on any atom is 0.326 e. The number of carbonyl (C=O) groups excluding carboxylic acids is 3. The highest BCUT2D eigenvalue weighted by Gasteiger charge is 2.52. The van der Waals surface area contributed by atoms with Crippen LogP contribution in [0.2, 0.25) is 0 Å². The van der Waals surface area contributed by atoms with Gasteiger partial charge in [0, 0.05) is 32.6 Å². The van der Waals surface area contributed by atoms with Gasteiger partial charge in [-0.2, -0.15) is 0 Å². The van der Waals surface area contributed by atoms with E-state index in [1.807, 2.05) is 83.1 Å². The van der Waals surface area contributed by atoms with Crippen LogP contribution in [0.5, 0.6) is 0 Å². The van der Waals surface area contributed by atoms with Gasteiger partial charge in [-0.25, -0.2) is 9.69 Å². The standard InChI is InChI=1S/C26H26N4O3S/c31-23(22-12-7-17-34-22)29-15-13-28(14-16-29)19-30-24(32)26(27-25(30)33,21-10-5-2-6-11-21)18-20-8-3-1-4-9-20/h1-12,17H,13-16,18-19H2,(H,27,33)/t26-/m0/s1. The number of urea groups is 1. The van der Waals surface area contributed by atoms with E-state index in [9.17, 15) is 14.4 Å². The summed E-state index contributed by atoms with van der Waals surface area (Å²) in [7, 11) is 0. The quantitative estimate of drug-likeness (QED) is 0.557. The second kappa shape index (κ2) is 9.40. The number of benzene rings is 2. The number of rotatable bonds is 6. The summed E-state index contributed by atoms with van der Waals surface area (Å²) in [6.07, 6.45) is 0.377. The summed E-state index contributed by atoms with van der Waals surface area (Å²) >= 11 is 1.44. The van der Waals surface area contributed by atoms with Crippen molar-refractivity contribution in [2.75, 3.05) is 32.8 Å². The van der Waals surface area contributed by atoms with E-state index in [0.29, 0.717) is 32.6 Å². The zero-order chi connectivity index (χ0) is 23.5. The van der Waals surface area contributed by atoms with Gasteiger partial charge in [-0.1, -0.05) is 66.7 Å². The van der Waals surface area contributed by atoms with Crippen LogP contribution in [0.4, 0.5) is 4.79 Å². The molecule has 1 aromatic heterocycles. The fourth-order valence-electron chi connectivity index (χ4n) is 4.65. The number of nitrogens with one attached hydrogen (secondary N) is 1. The SMILES string of the molecule is O=C(c1cccs1)N1CCN(CN2C(=O)N[C@@](Cc3ccccc3)(c3ccccc3)C2=O)CC1. The van der Waals surface area contributed by atoms with Gasteiger partial charge in [0.15, 0.2) is 5.54 Å². The first-order chi connectivity index (χ1) is 16.6. The Morgan fingerprint density at radius 3 is 2.21 bits per heavy atom. The minimum absolute atomic E-state index is 0.0376. The van der Waals surface area contributed by atoms with Crippen LogP contribution in [-0.4, -0.2) is 65.4 Å². The third kappa shape index (κ3) is 4.22. The average Bonchev–Trinajstić information content (AvgIpc) is 3.49. The lowest BCUT2D eigenvalue weighted by atomic mass is 9.83. The molecule has 0 bridgehead atoms. The van der Waals surface area contributed by atoms with E-state index in [-0.39, 0.29) is 24.5 Å². The Hall–Kier alpha value is -3.49. The van der Waals surface area contributed by atoms with Crippen molar-refractivity contribution < 1.29 is 14.4 Å². The minimum atomic E-state index is -1.14. The first kappa shape index (κ1) is 22.3. The molecule has 0 saturated carbocycles. The van der Waals surface area contributed by atoms with Crippen molar-refractivity contribution in [2.45, 2.75) is 12.0 Å². The van der Waals surface area contributed by atoms with Crippen LogP contribution < -0.4 is 5.32 Å². The summed E-state index contributed by atoms with van der Waals surface area (Å²) < 4.78 is 0. The van der Waals surface area contributed by atoms with E-state index in [0.717, 1.165) is 16.0 Å². The zero-order valence-corrected chi connectivity index (χ0v) is 19.5. The minimum Gasteiger partial charge on any atom is -0.335 e. The van der Waals surface area contributed by atoms with Gasteiger partial charge in [-0.3, -0.25) is 14.5 Å². The molecular weight excluding hydrogens is 448 g/mol. The Kier molecular flexibility index (Phi) is 6.17. The van der Waals surface area contributed by atoms with Gasteiger partial charge in [-0.15, -0.1) is 11.3 Å². The maximum atomic E-state index is 13.8. The van der Waals surface area contributed by atoms with E-state index in [1.165, 1.54) is 16.2 Å². The van der Waals surface area contributed by atoms with E-state index in [2.05, 4.69) is 10.2 Å². The van der Waals surface area contributed by atoms with Crippen molar-refractivity contribution in [3.63, 3.8) is 0 Å². The lowest BCUT2D eigenvalue weighted by Crippen LogP contribution is -2.53. The van der Waals surface area contributed by atoms with Crippen LogP contribution in [0.25, 0.3) is 0 Å². The van der Waals surface area contributed by atoms with Crippen LogP contribution in [0, 0.1) is 0 Å². The van der Waals surface area contributed by atoms with Crippen molar-refractivity contribution in [2.24, 2.45) is 0 Å². The molecule has 1 N–H and O–H groups in total. The number of piperazine rings is 1. The first-order valence-corrected chi connectivity index (χ1v) is 12.2. The van der Waals surface area contributed by atoms with Crippen LogP contribution in [0.3, 0.4) is 0 Å². The molecule has 7 nitrogen and oxygen atoms in total. The third-order valence-corrected chi connectivity index (χ3v) is 7.35. The topological polar surface area (TPSA) is 73.0 Å². The maximum absolute atomic E-state index is 13.8. The van der Waals surface area contributed by atoms with Gasteiger partial charge in [0.05, 0.1) is 11.5 Å². The van der Waals surface area contributed by atoms with Crippen LogP contribution >= 0.6 is 11.3 Å². The van der Waals surface area contributed by atoms with E-state index in [4.69, 9.17) is 0 Å². The van der Waals surface area contributed by atoms with Crippen LogP contribution in [0.15, 0.2) is 78.2 Å². The Morgan fingerprint density at radius 2 is 1.56 bits per heavy atom. The largest absolute Gasteiger partial charge is 0.335 e. The molecule has 3 heterocycles. The molecule has 1 atom stereocenters. The second-order valence-electron chi connectivity index (χ2n) is 8.63. The van der Waals surface area contributed by atoms with Crippen molar-refractivity contribution in [1.29, 1.82) is 0 Å². The first-order valence-electron chi connectivity index (χ1n) is 11.4. The molecular formula is C26H26N4O3S.